The summed E-state index contributed by atoms with van der Waals surface area (Å²) in [6.45, 7) is 12.7. The van der Waals surface area contributed by atoms with Crippen LogP contribution >= 0.6 is 11.6 Å². The number of aromatic amines is 1. The van der Waals surface area contributed by atoms with Gasteiger partial charge in [0.25, 0.3) is 0 Å². The van der Waals surface area contributed by atoms with Gasteiger partial charge in [-0.05, 0) is 101 Å². The third-order valence-corrected chi connectivity index (χ3v) is 7.52. The lowest BCUT2D eigenvalue weighted by molar-refractivity contribution is 0.490. The molecule has 45 heavy (non-hydrogen) atoms. The van der Waals surface area contributed by atoms with E-state index in [1.54, 1.807) is 37.4 Å². The van der Waals surface area contributed by atoms with Gasteiger partial charge < -0.3 is 21.8 Å². The number of rotatable bonds is 14. The average molecular weight is 636 g/mol. The fraction of sp³-hybridized carbons (Fsp3) is 0.400. The number of hydrogen-bond acceptors (Lipinski definition) is 5. The summed E-state index contributed by atoms with van der Waals surface area (Å²) in [5.41, 5.74) is 15.1. The molecule has 0 fully saturated rings. The molecule has 0 saturated carbocycles. The Kier molecular flexibility index (Phi) is 14.0. The molecule has 2 unspecified atom stereocenters. The van der Waals surface area contributed by atoms with Crippen LogP contribution in [-0.2, 0) is 6.42 Å². The Balaban J connectivity index is 0.00000177. The molecule has 0 radical (unpaired) electrons. The van der Waals surface area contributed by atoms with Crippen LogP contribution in [0.3, 0.4) is 0 Å². The van der Waals surface area contributed by atoms with Crippen LogP contribution in [0.4, 0.5) is 4.39 Å². The standard InChI is InChI=1S/C32H41ClFN7O.C3H6/c1-4-7-28(38-15-6-14-37-21(3)36)23-10-12-25(13-11-23)41-19-24-18-29(39-31(24)40-32(41)42)26-16-22(9-5-8-20(2)35)17-27(33)30(26)34;1-3-2/h10-13,16-20,28,38H,4-9,14-15,35H2,1-3H3,(H2,36,37)(H,39,40,42);3H,1H2,2H3. The third kappa shape index (κ3) is 10.4. The number of nitrogens with zero attached hydrogens (tertiary/aromatic N) is 3. The van der Waals surface area contributed by atoms with Crippen molar-refractivity contribution in [2.45, 2.75) is 78.3 Å². The third-order valence-electron chi connectivity index (χ3n) is 7.25. The highest BCUT2D eigenvalue weighted by molar-refractivity contribution is 6.31. The van der Waals surface area contributed by atoms with Gasteiger partial charge in [0.2, 0.25) is 0 Å². The molecule has 242 valence electrons. The Morgan fingerprint density at radius 2 is 1.93 bits per heavy atom. The van der Waals surface area contributed by atoms with Crippen molar-refractivity contribution in [1.82, 2.24) is 19.9 Å². The van der Waals surface area contributed by atoms with Gasteiger partial charge in [0.15, 0.2) is 5.82 Å². The van der Waals surface area contributed by atoms with E-state index in [1.165, 1.54) is 4.57 Å². The zero-order valence-electron chi connectivity index (χ0n) is 26.9. The van der Waals surface area contributed by atoms with E-state index in [0.29, 0.717) is 40.4 Å². The lowest BCUT2D eigenvalue weighted by atomic mass is 10.0. The van der Waals surface area contributed by atoms with Gasteiger partial charge in [-0.25, -0.2) is 9.18 Å². The summed E-state index contributed by atoms with van der Waals surface area (Å²) in [6.07, 6.45) is 8.90. The highest BCUT2D eigenvalue weighted by atomic mass is 35.5. The fourth-order valence-corrected chi connectivity index (χ4v) is 5.33. The van der Waals surface area contributed by atoms with Crippen LogP contribution in [0.25, 0.3) is 28.0 Å². The number of nitrogens with two attached hydrogens (primary N) is 2. The molecule has 0 aliphatic carbocycles. The molecule has 0 saturated heterocycles. The fourth-order valence-electron chi connectivity index (χ4n) is 5.09. The van der Waals surface area contributed by atoms with Gasteiger partial charge in [0.05, 0.1) is 22.2 Å². The zero-order chi connectivity index (χ0) is 32.9. The number of nitrogens with one attached hydrogen (secondary N) is 2. The van der Waals surface area contributed by atoms with E-state index in [-0.39, 0.29) is 17.1 Å². The molecule has 2 heterocycles. The summed E-state index contributed by atoms with van der Waals surface area (Å²) in [7, 11) is 0. The minimum absolute atomic E-state index is 0.0598. The van der Waals surface area contributed by atoms with E-state index in [1.807, 2.05) is 38.1 Å². The van der Waals surface area contributed by atoms with E-state index >= 15 is 4.39 Å². The molecular formula is C35H47ClFN7O. The van der Waals surface area contributed by atoms with Crippen molar-refractivity contribution in [3.05, 3.63) is 93.8 Å². The molecule has 4 rings (SSSR count). The molecule has 0 bridgehead atoms. The van der Waals surface area contributed by atoms with E-state index in [4.69, 9.17) is 23.1 Å². The Morgan fingerprint density at radius 1 is 1.22 bits per heavy atom. The van der Waals surface area contributed by atoms with E-state index in [9.17, 15) is 4.79 Å². The Bertz CT molecular complexity index is 1620. The lowest BCUT2D eigenvalue weighted by Gasteiger charge is -2.19. The average Bonchev–Trinajstić information content (AvgIpc) is 3.40. The number of benzene rings is 2. The quantitative estimate of drug-likeness (QED) is 0.0503. The summed E-state index contributed by atoms with van der Waals surface area (Å²) in [4.78, 5) is 24.6. The Morgan fingerprint density at radius 3 is 2.58 bits per heavy atom. The molecule has 0 aliphatic heterocycles. The van der Waals surface area contributed by atoms with Crippen LogP contribution in [0.1, 0.15) is 77.0 Å². The molecular weight excluding hydrogens is 589 g/mol. The van der Waals surface area contributed by atoms with E-state index < -0.39 is 11.5 Å². The van der Waals surface area contributed by atoms with Crippen molar-refractivity contribution in [2.75, 3.05) is 13.1 Å². The smallest absolute Gasteiger partial charge is 0.354 e. The van der Waals surface area contributed by atoms with Crippen LogP contribution < -0.4 is 22.5 Å². The maximum Gasteiger partial charge on any atom is 0.354 e. The first-order valence-corrected chi connectivity index (χ1v) is 16.0. The maximum absolute atomic E-state index is 15.1. The topological polar surface area (TPSA) is 127 Å². The van der Waals surface area contributed by atoms with Crippen molar-refractivity contribution < 1.29 is 4.39 Å². The summed E-state index contributed by atoms with van der Waals surface area (Å²) < 4.78 is 16.6. The molecule has 8 nitrogen and oxygen atoms in total. The predicted molar refractivity (Wildman–Crippen MR) is 187 cm³/mol. The second-order valence-corrected chi connectivity index (χ2v) is 11.8. The first kappa shape index (κ1) is 35.7. The van der Waals surface area contributed by atoms with Crippen LogP contribution in [0, 0.1) is 5.82 Å². The first-order valence-electron chi connectivity index (χ1n) is 15.6. The second kappa shape index (κ2) is 17.6. The van der Waals surface area contributed by atoms with Crippen molar-refractivity contribution in [3.63, 3.8) is 0 Å². The Hall–Kier alpha value is -3.79. The van der Waals surface area contributed by atoms with Crippen LogP contribution in [-0.4, -0.2) is 39.5 Å². The Labute approximate surface area is 270 Å². The summed E-state index contributed by atoms with van der Waals surface area (Å²) in [5, 5.41) is 4.36. The molecule has 4 aromatic rings. The first-order chi connectivity index (χ1) is 21.6. The van der Waals surface area contributed by atoms with Crippen LogP contribution in [0.2, 0.25) is 5.02 Å². The normalized spacial score (nSPS) is 12.9. The number of halogens is 2. The van der Waals surface area contributed by atoms with Crippen molar-refractivity contribution in [2.24, 2.45) is 16.5 Å². The van der Waals surface area contributed by atoms with E-state index in [0.717, 1.165) is 56.2 Å². The molecule has 2 atom stereocenters. The summed E-state index contributed by atoms with van der Waals surface area (Å²) in [6, 6.07) is 13.5. The van der Waals surface area contributed by atoms with Gasteiger partial charge in [-0.1, -0.05) is 43.2 Å². The van der Waals surface area contributed by atoms with Crippen LogP contribution in [0.5, 0.6) is 0 Å². The van der Waals surface area contributed by atoms with Gasteiger partial charge in [0.1, 0.15) is 5.65 Å². The number of H-pyrrole nitrogens is 1. The number of amidine groups is 1. The summed E-state index contributed by atoms with van der Waals surface area (Å²) in [5.74, 6) is 0.0893. The van der Waals surface area contributed by atoms with Crippen molar-refractivity contribution >= 4 is 28.5 Å². The number of allylic oxidation sites excluding steroid dienone is 1. The SMILES string of the molecule is C=CC.CCCC(NCCCN=C(C)N)c1ccc(-n2cc3cc(-c4cc(CCCC(C)N)cc(Cl)c4F)[nH]c3nc2=O)cc1. The molecule has 2 aromatic carbocycles. The number of aryl methyl sites for hydroxylation is 1. The number of hydrogen-bond donors (Lipinski definition) is 4. The van der Waals surface area contributed by atoms with Crippen LogP contribution in [0.15, 0.2) is 71.1 Å². The lowest BCUT2D eigenvalue weighted by Crippen LogP contribution is -2.23. The minimum Gasteiger partial charge on any atom is -0.388 e. The zero-order valence-corrected chi connectivity index (χ0v) is 27.6. The van der Waals surface area contributed by atoms with E-state index in [2.05, 4.69) is 33.8 Å². The largest absolute Gasteiger partial charge is 0.388 e. The minimum atomic E-state index is -0.512. The van der Waals surface area contributed by atoms with Gasteiger partial charge >= 0.3 is 5.69 Å². The molecule has 0 aliphatic rings. The molecule has 0 spiro atoms. The highest BCUT2D eigenvalue weighted by Crippen LogP contribution is 2.31. The van der Waals surface area contributed by atoms with Gasteiger partial charge in [0, 0.05) is 35.8 Å². The molecule has 2 aromatic heterocycles. The maximum atomic E-state index is 15.1. The van der Waals surface area contributed by atoms with Gasteiger partial charge in [-0.2, -0.15) is 4.98 Å². The number of fused-ring (bicyclic) bond motifs is 1. The monoisotopic (exact) mass is 635 g/mol. The van der Waals surface area contributed by atoms with Crippen molar-refractivity contribution in [3.8, 4) is 16.9 Å². The van der Waals surface area contributed by atoms with Gasteiger partial charge in [-0.3, -0.25) is 9.56 Å². The number of aliphatic imine (C=N–C) groups is 1. The second-order valence-electron chi connectivity index (χ2n) is 11.4. The predicted octanol–water partition coefficient (Wildman–Crippen LogP) is 7.23. The molecule has 6 N–H and O–H groups in total. The molecule has 10 heteroatoms. The highest BCUT2D eigenvalue weighted by Gasteiger charge is 2.16. The number of aromatic nitrogens is 3. The summed E-state index contributed by atoms with van der Waals surface area (Å²) >= 11 is 6.25. The van der Waals surface area contributed by atoms with Gasteiger partial charge in [-0.15, -0.1) is 6.58 Å². The van der Waals surface area contributed by atoms with Crippen molar-refractivity contribution in [1.29, 1.82) is 0 Å². The molecule has 0 amide bonds.